The van der Waals surface area contributed by atoms with Gasteiger partial charge in [-0.3, -0.25) is 4.99 Å². The van der Waals surface area contributed by atoms with Crippen LogP contribution in [-0.2, 0) is 6.42 Å². The topological polar surface area (TPSA) is 27.6 Å². The first-order chi connectivity index (χ1) is 11.2. The number of fused-ring (bicyclic) bond motifs is 1. The monoisotopic (exact) mass is 321 g/mol. The van der Waals surface area contributed by atoms with Crippen molar-refractivity contribution in [1.82, 2.24) is 10.2 Å². The Balaban J connectivity index is 1.52. The second-order valence-corrected chi connectivity index (χ2v) is 6.71. The van der Waals surface area contributed by atoms with Crippen LogP contribution in [0.4, 0.5) is 8.78 Å². The van der Waals surface area contributed by atoms with Crippen LogP contribution in [0.5, 0.6) is 0 Å². The minimum Gasteiger partial charge on any atom is -0.356 e. The first-order valence-corrected chi connectivity index (χ1v) is 8.56. The highest BCUT2D eigenvalue weighted by atomic mass is 19.1. The molecule has 0 aromatic heterocycles. The lowest BCUT2D eigenvalue weighted by Gasteiger charge is -2.22. The van der Waals surface area contributed by atoms with Crippen molar-refractivity contribution >= 4 is 5.96 Å². The van der Waals surface area contributed by atoms with Crippen molar-refractivity contribution in [2.45, 2.75) is 32.1 Å². The van der Waals surface area contributed by atoms with E-state index in [1.54, 1.807) is 7.05 Å². The lowest BCUT2D eigenvalue weighted by molar-refractivity contribution is 0.299. The number of hydrogen-bond donors (Lipinski definition) is 1. The van der Waals surface area contributed by atoms with Crippen molar-refractivity contribution < 1.29 is 8.78 Å². The minimum absolute atomic E-state index is 0.520. The van der Waals surface area contributed by atoms with Gasteiger partial charge in [0.15, 0.2) is 5.96 Å². The molecule has 1 saturated carbocycles. The quantitative estimate of drug-likeness (QED) is 0.684. The molecule has 5 heteroatoms. The van der Waals surface area contributed by atoms with Crippen molar-refractivity contribution in [3.05, 3.63) is 35.4 Å². The number of aliphatic imine (C=N–C) groups is 1. The van der Waals surface area contributed by atoms with E-state index in [1.807, 2.05) is 0 Å². The molecule has 23 heavy (non-hydrogen) atoms. The van der Waals surface area contributed by atoms with Gasteiger partial charge < -0.3 is 10.2 Å². The summed E-state index contributed by atoms with van der Waals surface area (Å²) in [6.45, 7) is 2.79. The SMILES string of the molecule is CN=C(NCCc1cc(F)cc(F)c1)N1CC2CCCCC2C1. The van der Waals surface area contributed by atoms with Crippen LogP contribution in [0.2, 0.25) is 0 Å². The maximum Gasteiger partial charge on any atom is 0.193 e. The highest BCUT2D eigenvalue weighted by Crippen LogP contribution is 2.35. The summed E-state index contributed by atoms with van der Waals surface area (Å²) < 4.78 is 26.4. The van der Waals surface area contributed by atoms with Gasteiger partial charge in [0.2, 0.25) is 0 Å². The molecule has 1 aromatic carbocycles. The Hall–Kier alpha value is -1.65. The molecular formula is C18H25F2N3. The van der Waals surface area contributed by atoms with Crippen molar-refractivity contribution in [3.63, 3.8) is 0 Å². The zero-order chi connectivity index (χ0) is 16.2. The average molecular weight is 321 g/mol. The number of nitrogens with one attached hydrogen (secondary N) is 1. The fraction of sp³-hybridized carbons (Fsp3) is 0.611. The van der Waals surface area contributed by atoms with Crippen LogP contribution in [0.1, 0.15) is 31.2 Å². The van der Waals surface area contributed by atoms with E-state index in [4.69, 9.17) is 0 Å². The molecule has 0 amide bonds. The zero-order valence-corrected chi connectivity index (χ0v) is 13.7. The van der Waals surface area contributed by atoms with Gasteiger partial charge in [-0.1, -0.05) is 12.8 Å². The van der Waals surface area contributed by atoms with Crippen LogP contribution in [0.15, 0.2) is 23.2 Å². The van der Waals surface area contributed by atoms with Crippen molar-refractivity contribution in [2.24, 2.45) is 16.8 Å². The van der Waals surface area contributed by atoms with E-state index in [-0.39, 0.29) is 0 Å². The van der Waals surface area contributed by atoms with Gasteiger partial charge in [-0.05, 0) is 48.8 Å². The molecule has 2 atom stereocenters. The predicted molar refractivity (Wildman–Crippen MR) is 88.4 cm³/mol. The fourth-order valence-corrected chi connectivity index (χ4v) is 3.99. The molecule has 1 aromatic rings. The normalized spacial score (nSPS) is 24.7. The highest BCUT2D eigenvalue weighted by molar-refractivity contribution is 5.80. The summed E-state index contributed by atoms with van der Waals surface area (Å²) in [6.07, 6.45) is 5.95. The summed E-state index contributed by atoms with van der Waals surface area (Å²) in [7, 11) is 1.80. The molecule has 0 radical (unpaired) electrons. The molecule has 2 unspecified atom stereocenters. The van der Waals surface area contributed by atoms with Crippen LogP contribution in [0, 0.1) is 23.5 Å². The molecule has 1 aliphatic carbocycles. The highest BCUT2D eigenvalue weighted by Gasteiger charge is 2.35. The third kappa shape index (κ3) is 4.01. The van der Waals surface area contributed by atoms with Crippen molar-refractivity contribution in [2.75, 3.05) is 26.7 Å². The Bertz CT molecular complexity index is 539. The van der Waals surface area contributed by atoms with Gasteiger partial charge in [0.25, 0.3) is 0 Å². The summed E-state index contributed by atoms with van der Waals surface area (Å²) >= 11 is 0. The van der Waals surface area contributed by atoms with Crippen LogP contribution >= 0.6 is 0 Å². The van der Waals surface area contributed by atoms with Gasteiger partial charge in [0, 0.05) is 32.7 Å². The van der Waals surface area contributed by atoms with Crippen LogP contribution in [0.3, 0.4) is 0 Å². The van der Waals surface area contributed by atoms with E-state index in [9.17, 15) is 8.78 Å². The van der Waals surface area contributed by atoms with Crippen molar-refractivity contribution in [3.8, 4) is 0 Å². The first-order valence-electron chi connectivity index (χ1n) is 8.56. The van der Waals surface area contributed by atoms with Gasteiger partial charge in [0.1, 0.15) is 11.6 Å². The molecule has 1 heterocycles. The standard InChI is InChI=1S/C18H25F2N3/c1-21-18(23-11-14-4-2-3-5-15(14)12-23)22-7-6-13-8-16(19)10-17(20)9-13/h8-10,14-15H,2-7,11-12H2,1H3,(H,21,22). The molecule has 1 saturated heterocycles. The first kappa shape index (κ1) is 16.2. The van der Waals surface area contributed by atoms with E-state index in [2.05, 4.69) is 15.2 Å². The van der Waals surface area contributed by atoms with Crippen LogP contribution < -0.4 is 5.32 Å². The van der Waals surface area contributed by atoms with E-state index in [1.165, 1.54) is 37.8 Å². The lowest BCUT2D eigenvalue weighted by atomic mass is 9.82. The molecular weight excluding hydrogens is 296 g/mol. The molecule has 2 aliphatic rings. The largest absolute Gasteiger partial charge is 0.356 e. The number of nitrogens with zero attached hydrogens (tertiary/aromatic N) is 2. The number of halogens is 2. The van der Waals surface area contributed by atoms with Gasteiger partial charge in [-0.15, -0.1) is 0 Å². The molecule has 3 rings (SSSR count). The van der Waals surface area contributed by atoms with Crippen LogP contribution in [0.25, 0.3) is 0 Å². The van der Waals surface area contributed by atoms with E-state index < -0.39 is 11.6 Å². The van der Waals surface area contributed by atoms with Crippen molar-refractivity contribution in [1.29, 1.82) is 0 Å². The Morgan fingerprint density at radius 1 is 1.13 bits per heavy atom. The predicted octanol–water partition coefficient (Wildman–Crippen LogP) is 3.20. The summed E-state index contributed by atoms with van der Waals surface area (Å²) in [5.41, 5.74) is 0.667. The zero-order valence-electron chi connectivity index (χ0n) is 13.7. The van der Waals surface area contributed by atoms with Gasteiger partial charge >= 0.3 is 0 Å². The molecule has 0 spiro atoms. The van der Waals surface area contributed by atoms with E-state index >= 15 is 0 Å². The fourth-order valence-electron chi connectivity index (χ4n) is 3.99. The maximum absolute atomic E-state index is 13.2. The summed E-state index contributed by atoms with van der Waals surface area (Å²) in [5, 5.41) is 3.34. The molecule has 126 valence electrons. The smallest absolute Gasteiger partial charge is 0.193 e. The summed E-state index contributed by atoms with van der Waals surface area (Å²) in [5.74, 6) is 1.48. The van der Waals surface area contributed by atoms with Gasteiger partial charge in [-0.25, -0.2) is 8.78 Å². The van der Waals surface area contributed by atoms with E-state index in [0.29, 0.717) is 18.5 Å². The Kier molecular flexibility index (Phi) is 5.13. The molecule has 0 bridgehead atoms. The van der Waals surface area contributed by atoms with E-state index in [0.717, 1.165) is 37.0 Å². The number of benzene rings is 1. The third-order valence-corrected chi connectivity index (χ3v) is 5.11. The molecule has 3 nitrogen and oxygen atoms in total. The Labute approximate surface area is 136 Å². The minimum atomic E-state index is -0.520. The number of hydrogen-bond acceptors (Lipinski definition) is 1. The molecule has 2 fully saturated rings. The van der Waals surface area contributed by atoms with Crippen LogP contribution in [-0.4, -0.2) is 37.5 Å². The number of likely N-dealkylation sites (tertiary alicyclic amines) is 1. The lowest BCUT2D eigenvalue weighted by Crippen LogP contribution is -2.41. The number of guanidine groups is 1. The number of rotatable bonds is 3. The van der Waals surface area contributed by atoms with Gasteiger partial charge in [-0.2, -0.15) is 0 Å². The average Bonchev–Trinajstić information content (AvgIpc) is 2.94. The summed E-state index contributed by atoms with van der Waals surface area (Å²) in [6, 6.07) is 3.68. The molecule has 1 aliphatic heterocycles. The second-order valence-electron chi connectivity index (χ2n) is 6.71. The third-order valence-electron chi connectivity index (χ3n) is 5.11. The second kappa shape index (κ2) is 7.28. The van der Waals surface area contributed by atoms with Gasteiger partial charge in [0.05, 0.1) is 0 Å². The Morgan fingerprint density at radius 3 is 2.30 bits per heavy atom. The Morgan fingerprint density at radius 2 is 1.74 bits per heavy atom. The summed E-state index contributed by atoms with van der Waals surface area (Å²) in [4.78, 5) is 6.72. The molecule has 1 N–H and O–H groups in total. The maximum atomic E-state index is 13.2.